The molecule has 2 unspecified atom stereocenters. The summed E-state index contributed by atoms with van der Waals surface area (Å²) in [6.45, 7) is 15.5. The standard InChI is InChI=1S/C28H47N5/c1-23(28(30-3)21-25-11-5-4-6-12-25)31-22-26(13-7-8-16-29)24(2)32-19-14-27(15-20-32)33-17-9-10-18-33/h4-6,11-12,26-28,30-31H,1-2,7-10,13-22,29H2,3H3. The van der Waals surface area contributed by atoms with Crippen LogP contribution < -0.4 is 16.4 Å². The minimum atomic E-state index is 0.210. The Kier molecular flexibility index (Phi) is 10.8. The van der Waals surface area contributed by atoms with Crippen molar-refractivity contribution in [3.8, 4) is 0 Å². The molecule has 0 radical (unpaired) electrons. The molecule has 2 aliphatic heterocycles. The van der Waals surface area contributed by atoms with Crippen molar-refractivity contribution in [2.45, 2.75) is 63.5 Å². The Hall–Kier alpha value is -1.82. The first-order valence-corrected chi connectivity index (χ1v) is 13.1. The van der Waals surface area contributed by atoms with Crippen LogP contribution in [-0.2, 0) is 6.42 Å². The van der Waals surface area contributed by atoms with E-state index in [0.717, 1.165) is 63.6 Å². The fraction of sp³-hybridized carbons (Fsp3) is 0.643. The summed E-state index contributed by atoms with van der Waals surface area (Å²) in [5.74, 6) is 0.422. The van der Waals surface area contributed by atoms with E-state index in [0.29, 0.717) is 5.92 Å². The molecular formula is C28H47N5. The molecule has 2 aliphatic rings. The van der Waals surface area contributed by atoms with Crippen LogP contribution in [0.5, 0.6) is 0 Å². The van der Waals surface area contributed by atoms with Crippen molar-refractivity contribution in [1.29, 1.82) is 0 Å². The molecule has 5 heteroatoms. The highest BCUT2D eigenvalue weighted by Gasteiger charge is 2.28. The molecule has 0 amide bonds. The van der Waals surface area contributed by atoms with Crippen LogP contribution in [0.15, 0.2) is 54.9 Å². The number of piperidine rings is 1. The molecule has 184 valence electrons. The lowest BCUT2D eigenvalue weighted by Crippen LogP contribution is -2.45. The average molecular weight is 454 g/mol. The number of likely N-dealkylation sites (N-methyl/N-ethyl adjacent to an activating group) is 1. The molecule has 4 N–H and O–H groups in total. The zero-order valence-corrected chi connectivity index (χ0v) is 20.9. The summed E-state index contributed by atoms with van der Waals surface area (Å²) in [4.78, 5) is 5.28. The molecule has 33 heavy (non-hydrogen) atoms. The molecule has 0 spiro atoms. The maximum atomic E-state index is 5.79. The highest BCUT2D eigenvalue weighted by atomic mass is 15.2. The van der Waals surface area contributed by atoms with Crippen molar-refractivity contribution >= 4 is 0 Å². The summed E-state index contributed by atoms with van der Waals surface area (Å²) in [6.07, 6.45) is 9.60. The Labute approximate surface area is 202 Å². The fourth-order valence-corrected chi connectivity index (χ4v) is 5.43. The quantitative estimate of drug-likeness (QED) is 0.375. The molecule has 1 aromatic rings. The van der Waals surface area contributed by atoms with Gasteiger partial charge in [0.15, 0.2) is 0 Å². The van der Waals surface area contributed by atoms with Crippen LogP contribution in [0.2, 0.25) is 0 Å². The van der Waals surface area contributed by atoms with E-state index in [1.807, 2.05) is 7.05 Å². The maximum Gasteiger partial charge on any atom is 0.0501 e. The van der Waals surface area contributed by atoms with E-state index < -0.39 is 0 Å². The molecule has 0 aromatic heterocycles. The first-order chi connectivity index (χ1) is 16.1. The molecule has 3 rings (SSSR count). The Morgan fingerprint density at radius 2 is 1.76 bits per heavy atom. The summed E-state index contributed by atoms with van der Waals surface area (Å²) in [6, 6.07) is 11.6. The number of hydrogen-bond donors (Lipinski definition) is 3. The minimum Gasteiger partial charge on any atom is -0.387 e. The summed E-state index contributed by atoms with van der Waals surface area (Å²) in [5.41, 5.74) is 9.47. The lowest BCUT2D eigenvalue weighted by atomic mass is 9.94. The van der Waals surface area contributed by atoms with Crippen molar-refractivity contribution in [2.24, 2.45) is 11.7 Å². The first-order valence-electron chi connectivity index (χ1n) is 13.1. The van der Waals surface area contributed by atoms with Crippen molar-refractivity contribution in [1.82, 2.24) is 20.4 Å². The van der Waals surface area contributed by atoms with Gasteiger partial charge in [-0.25, -0.2) is 0 Å². The molecule has 2 fully saturated rings. The van der Waals surface area contributed by atoms with Gasteiger partial charge in [0.2, 0.25) is 0 Å². The number of rotatable bonds is 14. The Morgan fingerprint density at radius 3 is 2.39 bits per heavy atom. The SMILES string of the molecule is C=C(NCC(CCCCN)C(=C)N1CCC(N2CCCC2)CC1)C(Cc1ccccc1)NC. The van der Waals surface area contributed by atoms with Gasteiger partial charge >= 0.3 is 0 Å². The molecule has 2 saturated heterocycles. The number of nitrogens with one attached hydrogen (secondary N) is 2. The first kappa shape index (κ1) is 25.8. The van der Waals surface area contributed by atoms with Gasteiger partial charge < -0.3 is 26.2 Å². The van der Waals surface area contributed by atoms with Gasteiger partial charge in [0.25, 0.3) is 0 Å². The predicted octanol–water partition coefficient (Wildman–Crippen LogP) is 3.74. The third-order valence-electron chi connectivity index (χ3n) is 7.63. The molecule has 0 saturated carbocycles. The van der Waals surface area contributed by atoms with Gasteiger partial charge in [0, 0.05) is 43.0 Å². The normalized spacial score (nSPS) is 19.4. The molecule has 0 bridgehead atoms. The number of hydrogen-bond acceptors (Lipinski definition) is 5. The van der Waals surface area contributed by atoms with Crippen molar-refractivity contribution < 1.29 is 0 Å². The van der Waals surface area contributed by atoms with Crippen LogP contribution >= 0.6 is 0 Å². The topological polar surface area (TPSA) is 56.6 Å². The highest BCUT2D eigenvalue weighted by Crippen LogP contribution is 2.27. The van der Waals surface area contributed by atoms with E-state index in [-0.39, 0.29) is 6.04 Å². The third kappa shape index (κ3) is 7.87. The zero-order valence-electron chi connectivity index (χ0n) is 20.9. The molecular weight excluding hydrogens is 406 g/mol. The van der Waals surface area contributed by atoms with E-state index in [1.54, 1.807) is 0 Å². The van der Waals surface area contributed by atoms with Crippen LogP contribution in [0, 0.1) is 5.92 Å². The van der Waals surface area contributed by atoms with Crippen LogP contribution in [0.3, 0.4) is 0 Å². The van der Waals surface area contributed by atoms with E-state index in [2.05, 4.69) is 63.9 Å². The second-order valence-corrected chi connectivity index (χ2v) is 9.87. The summed E-state index contributed by atoms with van der Waals surface area (Å²) in [7, 11) is 2.02. The van der Waals surface area contributed by atoms with Gasteiger partial charge in [-0.2, -0.15) is 0 Å². The lowest BCUT2D eigenvalue weighted by Gasteiger charge is -2.40. The van der Waals surface area contributed by atoms with Gasteiger partial charge in [-0.15, -0.1) is 0 Å². The van der Waals surface area contributed by atoms with Crippen molar-refractivity contribution in [3.05, 3.63) is 60.4 Å². The highest BCUT2D eigenvalue weighted by molar-refractivity contribution is 5.19. The Bertz CT molecular complexity index is 704. The van der Waals surface area contributed by atoms with E-state index in [4.69, 9.17) is 5.73 Å². The van der Waals surface area contributed by atoms with Gasteiger partial charge in [-0.1, -0.05) is 49.9 Å². The molecule has 5 nitrogen and oxygen atoms in total. The van der Waals surface area contributed by atoms with Gasteiger partial charge in [-0.3, -0.25) is 0 Å². The largest absolute Gasteiger partial charge is 0.387 e. The second-order valence-electron chi connectivity index (χ2n) is 9.87. The molecule has 1 aromatic carbocycles. The third-order valence-corrected chi connectivity index (χ3v) is 7.63. The lowest BCUT2D eigenvalue weighted by molar-refractivity contribution is 0.139. The fourth-order valence-electron chi connectivity index (χ4n) is 5.43. The summed E-state index contributed by atoms with van der Waals surface area (Å²) in [5, 5.41) is 7.10. The Balaban J connectivity index is 1.52. The van der Waals surface area contributed by atoms with Crippen LogP contribution in [0.4, 0.5) is 0 Å². The van der Waals surface area contributed by atoms with Crippen LogP contribution in [-0.4, -0.2) is 68.2 Å². The van der Waals surface area contributed by atoms with Gasteiger partial charge in [0.1, 0.15) is 0 Å². The van der Waals surface area contributed by atoms with E-state index >= 15 is 0 Å². The van der Waals surface area contributed by atoms with Gasteiger partial charge in [0.05, 0.1) is 6.04 Å². The summed E-state index contributed by atoms with van der Waals surface area (Å²) < 4.78 is 0. The number of nitrogens with two attached hydrogens (primary N) is 1. The smallest absolute Gasteiger partial charge is 0.0501 e. The molecule has 2 atom stereocenters. The number of benzene rings is 1. The molecule has 0 aliphatic carbocycles. The monoisotopic (exact) mass is 453 g/mol. The van der Waals surface area contributed by atoms with Crippen molar-refractivity contribution in [2.75, 3.05) is 46.3 Å². The average Bonchev–Trinajstić information content (AvgIpc) is 3.40. The number of unbranched alkanes of at least 4 members (excludes halogenated alkanes) is 1. The van der Waals surface area contributed by atoms with Crippen LogP contribution in [0.25, 0.3) is 0 Å². The predicted molar refractivity (Wildman–Crippen MR) is 141 cm³/mol. The van der Waals surface area contributed by atoms with Crippen molar-refractivity contribution in [3.63, 3.8) is 0 Å². The van der Waals surface area contributed by atoms with E-state index in [1.165, 1.54) is 50.0 Å². The minimum absolute atomic E-state index is 0.210. The van der Waals surface area contributed by atoms with E-state index in [9.17, 15) is 0 Å². The Morgan fingerprint density at radius 1 is 1.06 bits per heavy atom. The second kappa shape index (κ2) is 13.8. The summed E-state index contributed by atoms with van der Waals surface area (Å²) >= 11 is 0. The molecule has 2 heterocycles. The van der Waals surface area contributed by atoms with Crippen LogP contribution in [0.1, 0.15) is 50.5 Å². The number of likely N-dealkylation sites (tertiary alicyclic amines) is 2. The number of nitrogens with zero attached hydrogens (tertiary/aromatic N) is 2. The zero-order chi connectivity index (χ0) is 23.5. The maximum absolute atomic E-state index is 5.79. The van der Waals surface area contributed by atoms with Gasteiger partial charge in [-0.05, 0) is 77.2 Å².